The number of carboxylic acids is 1. The first-order valence-corrected chi connectivity index (χ1v) is 5.69. The maximum Gasteiger partial charge on any atom is 0.328 e. The van der Waals surface area contributed by atoms with Gasteiger partial charge in [-0.2, -0.15) is 0 Å². The van der Waals surface area contributed by atoms with Gasteiger partial charge >= 0.3 is 5.97 Å². The molecule has 1 rings (SSSR count). The molecule has 0 fully saturated rings. The van der Waals surface area contributed by atoms with E-state index in [0.717, 1.165) is 18.5 Å². The third-order valence-corrected chi connectivity index (χ3v) is 2.84. The number of hydrogen-bond acceptors (Lipinski definition) is 3. The summed E-state index contributed by atoms with van der Waals surface area (Å²) in [4.78, 5) is 11.7. The van der Waals surface area contributed by atoms with Crippen LogP contribution >= 0.6 is 11.3 Å². The van der Waals surface area contributed by atoms with Gasteiger partial charge in [-0.1, -0.05) is 11.6 Å². The van der Waals surface area contributed by atoms with Crippen LogP contribution in [0.4, 0.5) is 0 Å². The van der Waals surface area contributed by atoms with Gasteiger partial charge in [0.15, 0.2) is 0 Å². The number of thiophene rings is 1. The molecular weight excluding hydrogens is 210 g/mol. The maximum absolute atomic E-state index is 10.3. The Morgan fingerprint density at radius 2 is 2.47 bits per heavy atom. The van der Waals surface area contributed by atoms with Crippen LogP contribution in [0.2, 0.25) is 0 Å². The number of nitrogens with one attached hydrogen (secondary N) is 1. The highest BCUT2D eigenvalue weighted by Gasteiger charge is 1.95. The van der Waals surface area contributed by atoms with Crippen LogP contribution in [0.1, 0.15) is 11.8 Å². The minimum Gasteiger partial charge on any atom is -0.478 e. The lowest BCUT2D eigenvalue weighted by Crippen LogP contribution is -2.19. The molecule has 0 unspecified atom stereocenters. The first kappa shape index (κ1) is 11.9. The molecule has 82 valence electrons. The zero-order valence-corrected chi connectivity index (χ0v) is 9.51. The molecule has 0 saturated heterocycles. The molecule has 0 spiro atoms. The van der Waals surface area contributed by atoms with E-state index in [1.54, 1.807) is 11.3 Å². The van der Waals surface area contributed by atoms with E-state index in [2.05, 4.69) is 16.8 Å². The summed E-state index contributed by atoms with van der Waals surface area (Å²) < 4.78 is 0. The molecule has 0 amide bonds. The van der Waals surface area contributed by atoms with Gasteiger partial charge in [-0.05, 0) is 24.8 Å². The van der Waals surface area contributed by atoms with E-state index in [0.29, 0.717) is 6.54 Å². The van der Waals surface area contributed by atoms with Gasteiger partial charge in [0.05, 0.1) is 0 Å². The van der Waals surface area contributed by atoms with E-state index in [-0.39, 0.29) is 0 Å². The lowest BCUT2D eigenvalue weighted by atomic mass is 10.2. The molecular formula is C11H15NO2S. The molecule has 4 heteroatoms. The highest BCUT2D eigenvalue weighted by Crippen LogP contribution is 2.07. The van der Waals surface area contributed by atoms with Crippen molar-refractivity contribution in [3.8, 4) is 0 Å². The molecule has 3 nitrogen and oxygen atoms in total. The second kappa shape index (κ2) is 6.37. The predicted octanol–water partition coefficient (Wildman–Crippen LogP) is 1.91. The Bertz CT molecular complexity index is 330. The van der Waals surface area contributed by atoms with E-state index >= 15 is 0 Å². The molecule has 0 aromatic carbocycles. The van der Waals surface area contributed by atoms with E-state index in [9.17, 15) is 4.79 Å². The standard InChI is InChI=1S/C11H15NO2S/c1-9(7-11(13)14)8-12-5-4-10-3-2-6-15-10/h2-3,6-7,12H,4-5,8H2,1H3,(H,13,14)/b9-7-. The molecule has 15 heavy (non-hydrogen) atoms. The molecule has 0 aliphatic heterocycles. The van der Waals surface area contributed by atoms with Crippen LogP contribution in [0.25, 0.3) is 0 Å². The van der Waals surface area contributed by atoms with Crippen LogP contribution in [-0.4, -0.2) is 24.2 Å². The molecule has 0 atom stereocenters. The van der Waals surface area contributed by atoms with Crippen molar-refractivity contribution in [2.75, 3.05) is 13.1 Å². The van der Waals surface area contributed by atoms with Gasteiger partial charge < -0.3 is 10.4 Å². The molecule has 1 heterocycles. The summed E-state index contributed by atoms with van der Waals surface area (Å²) in [6, 6.07) is 4.14. The van der Waals surface area contributed by atoms with E-state index < -0.39 is 5.97 Å². The monoisotopic (exact) mass is 225 g/mol. The van der Waals surface area contributed by atoms with Crippen LogP contribution in [-0.2, 0) is 11.2 Å². The average molecular weight is 225 g/mol. The van der Waals surface area contributed by atoms with Crippen molar-refractivity contribution < 1.29 is 9.90 Å². The number of rotatable bonds is 6. The van der Waals surface area contributed by atoms with Crippen molar-refractivity contribution in [1.82, 2.24) is 5.32 Å². The largest absolute Gasteiger partial charge is 0.478 e. The summed E-state index contributed by atoms with van der Waals surface area (Å²) in [6.45, 7) is 3.33. The lowest BCUT2D eigenvalue weighted by molar-refractivity contribution is -0.131. The predicted molar refractivity (Wildman–Crippen MR) is 62.3 cm³/mol. The van der Waals surface area contributed by atoms with E-state index in [1.807, 2.05) is 13.0 Å². The summed E-state index contributed by atoms with van der Waals surface area (Å²) in [6.07, 6.45) is 2.23. The van der Waals surface area contributed by atoms with E-state index in [1.165, 1.54) is 11.0 Å². The average Bonchev–Trinajstić information content (AvgIpc) is 2.63. The molecule has 0 radical (unpaired) electrons. The number of carbonyl (C=O) groups is 1. The van der Waals surface area contributed by atoms with Gasteiger partial charge in [0, 0.05) is 24.0 Å². The summed E-state index contributed by atoms with van der Waals surface area (Å²) in [7, 11) is 0. The fourth-order valence-corrected chi connectivity index (χ4v) is 1.92. The van der Waals surface area contributed by atoms with Crippen molar-refractivity contribution in [3.05, 3.63) is 34.0 Å². The Labute approximate surface area is 93.4 Å². The Kier molecular flexibility index (Phi) is 5.07. The highest BCUT2D eigenvalue weighted by molar-refractivity contribution is 7.09. The summed E-state index contributed by atoms with van der Waals surface area (Å²) in [5.74, 6) is -0.882. The van der Waals surface area contributed by atoms with Gasteiger partial charge in [-0.3, -0.25) is 0 Å². The maximum atomic E-state index is 10.3. The molecule has 0 bridgehead atoms. The molecule has 0 aliphatic rings. The fraction of sp³-hybridized carbons (Fsp3) is 0.364. The minimum atomic E-state index is -0.882. The van der Waals surface area contributed by atoms with Crippen molar-refractivity contribution in [3.63, 3.8) is 0 Å². The van der Waals surface area contributed by atoms with Gasteiger partial charge in [0.2, 0.25) is 0 Å². The quantitative estimate of drug-likeness (QED) is 0.574. The lowest BCUT2D eigenvalue weighted by Gasteiger charge is -2.03. The molecule has 0 saturated carbocycles. The summed E-state index contributed by atoms with van der Waals surface area (Å²) in [5, 5.41) is 13.8. The van der Waals surface area contributed by atoms with Crippen LogP contribution in [0, 0.1) is 0 Å². The van der Waals surface area contributed by atoms with Crippen molar-refractivity contribution >= 4 is 17.3 Å². The SMILES string of the molecule is C/C(=C/C(=O)O)CNCCc1cccs1. The third-order valence-electron chi connectivity index (χ3n) is 1.90. The fourth-order valence-electron chi connectivity index (χ4n) is 1.21. The second-order valence-corrected chi connectivity index (χ2v) is 4.37. The third kappa shape index (κ3) is 5.34. The number of aliphatic carboxylic acids is 1. The topological polar surface area (TPSA) is 49.3 Å². The smallest absolute Gasteiger partial charge is 0.328 e. The van der Waals surface area contributed by atoms with Gasteiger partial charge in [0.25, 0.3) is 0 Å². The Morgan fingerprint density at radius 1 is 1.67 bits per heavy atom. The van der Waals surface area contributed by atoms with Gasteiger partial charge in [0.1, 0.15) is 0 Å². The summed E-state index contributed by atoms with van der Waals surface area (Å²) >= 11 is 1.74. The molecule has 1 aromatic heterocycles. The van der Waals surface area contributed by atoms with Crippen molar-refractivity contribution in [1.29, 1.82) is 0 Å². The molecule has 0 aliphatic carbocycles. The molecule has 1 aromatic rings. The second-order valence-electron chi connectivity index (χ2n) is 3.34. The Balaban J connectivity index is 2.14. The highest BCUT2D eigenvalue weighted by atomic mass is 32.1. The van der Waals surface area contributed by atoms with Crippen LogP contribution in [0.5, 0.6) is 0 Å². The first-order valence-electron chi connectivity index (χ1n) is 4.81. The van der Waals surface area contributed by atoms with Gasteiger partial charge in [-0.25, -0.2) is 4.79 Å². The van der Waals surface area contributed by atoms with Crippen LogP contribution in [0.15, 0.2) is 29.2 Å². The number of carboxylic acid groups (broad SMARTS) is 1. The van der Waals surface area contributed by atoms with Crippen molar-refractivity contribution in [2.45, 2.75) is 13.3 Å². The minimum absolute atomic E-state index is 0.637. The van der Waals surface area contributed by atoms with E-state index in [4.69, 9.17) is 5.11 Å². The number of hydrogen-bond donors (Lipinski definition) is 2. The van der Waals surface area contributed by atoms with Crippen LogP contribution < -0.4 is 5.32 Å². The normalized spacial score (nSPS) is 11.7. The molecule has 2 N–H and O–H groups in total. The van der Waals surface area contributed by atoms with Gasteiger partial charge in [-0.15, -0.1) is 11.3 Å². The van der Waals surface area contributed by atoms with Crippen molar-refractivity contribution in [2.24, 2.45) is 0 Å². The Morgan fingerprint density at radius 3 is 3.07 bits per heavy atom. The van der Waals surface area contributed by atoms with Crippen LogP contribution in [0.3, 0.4) is 0 Å². The first-order chi connectivity index (χ1) is 7.18. The Hall–Kier alpha value is -1.13. The summed E-state index contributed by atoms with van der Waals surface area (Å²) in [5.41, 5.74) is 0.841. The zero-order chi connectivity index (χ0) is 11.1. The zero-order valence-electron chi connectivity index (χ0n) is 8.69.